The first kappa shape index (κ1) is 24.5. The Bertz CT molecular complexity index is 1320. The molecule has 1 aliphatic rings. The lowest BCUT2D eigenvalue weighted by molar-refractivity contribution is -0.132. The minimum absolute atomic E-state index is 0.0943. The van der Waals surface area contributed by atoms with Crippen molar-refractivity contribution in [2.24, 2.45) is 5.92 Å². The Kier molecular flexibility index (Phi) is 6.94. The molecule has 1 amide bonds. The molecule has 0 spiro atoms. The van der Waals surface area contributed by atoms with Gasteiger partial charge in [-0.1, -0.05) is 43.6 Å². The van der Waals surface area contributed by atoms with E-state index < -0.39 is 23.5 Å². The van der Waals surface area contributed by atoms with Crippen molar-refractivity contribution in [1.29, 1.82) is 0 Å². The highest BCUT2D eigenvalue weighted by molar-refractivity contribution is 6.51. The Labute approximate surface area is 208 Å². The summed E-state index contributed by atoms with van der Waals surface area (Å²) in [4.78, 5) is 27.6. The van der Waals surface area contributed by atoms with Crippen LogP contribution >= 0.6 is 11.6 Å². The van der Waals surface area contributed by atoms with Gasteiger partial charge in [-0.25, -0.2) is 4.39 Å². The number of aliphatic hydroxyl groups excluding tert-OH is 1. The number of amides is 1. The van der Waals surface area contributed by atoms with Gasteiger partial charge >= 0.3 is 0 Å². The number of Topliss-reactive ketones (excluding diaryl/α,β-unsaturated/α-hetero) is 1. The SMILES string of the molecule is Cc1cc(/C(O)=C2\C(=O)C(=O)N(c3ccc(Cl)cc3)C2c2ccccc2F)ccc1OCC(C)C. The van der Waals surface area contributed by atoms with E-state index in [1.165, 1.54) is 23.1 Å². The number of aryl methyl sites for hydroxylation is 1. The maximum atomic E-state index is 15.0. The molecule has 1 unspecified atom stereocenters. The highest BCUT2D eigenvalue weighted by atomic mass is 35.5. The molecule has 5 nitrogen and oxygen atoms in total. The molecule has 0 aromatic heterocycles. The van der Waals surface area contributed by atoms with Gasteiger partial charge in [0.15, 0.2) is 0 Å². The summed E-state index contributed by atoms with van der Waals surface area (Å²) < 4.78 is 20.8. The van der Waals surface area contributed by atoms with E-state index in [4.69, 9.17) is 16.3 Å². The fourth-order valence-corrected chi connectivity index (χ4v) is 4.19. The van der Waals surface area contributed by atoms with E-state index in [9.17, 15) is 19.1 Å². The van der Waals surface area contributed by atoms with Gasteiger partial charge in [0.2, 0.25) is 0 Å². The van der Waals surface area contributed by atoms with Crippen LogP contribution in [0.3, 0.4) is 0 Å². The summed E-state index contributed by atoms with van der Waals surface area (Å²) in [7, 11) is 0. The Morgan fingerprint density at radius 2 is 1.77 bits per heavy atom. The van der Waals surface area contributed by atoms with Gasteiger partial charge in [0.25, 0.3) is 11.7 Å². The van der Waals surface area contributed by atoms with E-state index in [2.05, 4.69) is 0 Å². The van der Waals surface area contributed by atoms with Crippen LogP contribution < -0.4 is 9.64 Å². The molecule has 7 heteroatoms. The molecule has 1 aliphatic heterocycles. The second-order valence-electron chi connectivity index (χ2n) is 8.85. The van der Waals surface area contributed by atoms with E-state index >= 15 is 0 Å². The quantitative estimate of drug-likeness (QED) is 0.243. The van der Waals surface area contributed by atoms with Crippen LogP contribution in [-0.4, -0.2) is 23.4 Å². The third kappa shape index (κ3) is 4.80. The number of benzene rings is 3. The number of ketones is 1. The summed E-state index contributed by atoms with van der Waals surface area (Å²) in [6, 6.07) is 16.0. The second-order valence-corrected chi connectivity index (χ2v) is 9.29. The first-order valence-corrected chi connectivity index (χ1v) is 11.6. The number of ether oxygens (including phenoxy) is 1. The fraction of sp³-hybridized carbons (Fsp3) is 0.214. The summed E-state index contributed by atoms with van der Waals surface area (Å²) >= 11 is 6.00. The lowest BCUT2D eigenvalue weighted by atomic mass is 9.94. The fourth-order valence-electron chi connectivity index (χ4n) is 4.06. The molecular weight excluding hydrogens is 469 g/mol. The van der Waals surface area contributed by atoms with E-state index in [0.29, 0.717) is 34.5 Å². The van der Waals surface area contributed by atoms with Crippen LogP contribution in [-0.2, 0) is 9.59 Å². The highest BCUT2D eigenvalue weighted by Crippen LogP contribution is 2.43. The summed E-state index contributed by atoms with van der Waals surface area (Å²) in [5.41, 5.74) is 1.35. The molecule has 1 saturated heterocycles. The molecule has 3 aromatic rings. The molecule has 35 heavy (non-hydrogen) atoms. The topological polar surface area (TPSA) is 66.8 Å². The number of carbonyl (C=O) groups excluding carboxylic acids is 2. The molecule has 0 radical (unpaired) electrons. The smallest absolute Gasteiger partial charge is 0.300 e. The summed E-state index contributed by atoms with van der Waals surface area (Å²) in [6.45, 7) is 6.44. The predicted octanol–water partition coefficient (Wildman–Crippen LogP) is 6.45. The van der Waals surface area contributed by atoms with Crippen LogP contribution in [0.4, 0.5) is 10.1 Å². The summed E-state index contributed by atoms with van der Waals surface area (Å²) in [6.07, 6.45) is 0. The van der Waals surface area contributed by atoms with Crippen molar-refractivity contribution in [2.75, 3.05) is 11.5 Å². The number of anilines is 1. The molecule has 1 N–H and O–H groups in total. The average Bonchev–Trinajstić information content (AvgIpc) is 3.09. The zero-order valence-corrected chi connectivity index (χ0v) is 20.3. The Hall–Kier alpha value is -3.64. The van der Waals surface area contributed by atoms with Gasteiger partial charge in [0.05, 0.1) is 18.2 Å². The van der Waals surface area contributed by atoms with Crippen molar-refractivity contribution < 1.29 is 23.8 Å². The maximum Gasteiger partial charge on any atom is 0.300 e. The Morgan fingerprint density at radius 1 is 1.09 bits per heavy atom. The van der Waals surface area contributed by atoms with E-state index in [1.807, 2.05) is 20.8 Å². The van der Waals surface area contributed by atoms with E-state index in [1.54, 1.807) is 48.5 Å². The zero-order valence-electron chi connectivity index (χ0n) is 19.6. The molecule has 3 aromatic carbocycles. The molecule has 4 rings (SSSR count). The lowest BCUT2D eigenvalue weighted by Crippen LogP contribution is -2.29. The maximum absolute atomic E-state index is 15.0. The summed E-state index contributed by atoms with van der Waals surface area (Å²) in [5.74, 6) is -1.75. The van der Waals surface area contributed by atoms with E-state index in [-0.39, 0.29) is 16.9 Å². The predicted molar refractivity (Wildman–Crippen MR) is 134 cm³/mol. The first-order valence-electron chi connectivity index (χ1n) is 11.2. The van der Waals surface area contributed by atoms with Crippen LogP contribution in [0.5, 0.6) is 5.75 Å². The molecule has 0 saturated carbocycles. The van der Waals surface area contributed by atoms with Gasteiger partial charge in [0.1, 0.15) is 17.3 Å². The first-order chi connectivity index (χ1) is 16.7. The molecule has 1 atom stereocenters. The van der Waals surface area contributed by atoms with Gasteiger partial charge in [0, 0.05) is 21.8 Å². The number of rotatable bonds is 6. The monoisotopic (exact) mass is 493 g/mol. The van der Waals surface area contributed by atoms with Crippen LogP contribution in [0.2, 0.25) is 5.02 Å². The number of nitrogens with zero attached hydrogens (tertiary/aromatic N) is 1. The summed E-state index contributed by atoms with van der Waals surface area (Å²) in [5, 5.41) is 11.7. The van der Waals surface area contributed by atoms with Crippen molar-refractivity contribution in [3.8, 4) is 5.75 Å². The lowest BCUT2D eigenvalue weighted by Gasteiger charge is -2.25. The van der Waals surface area contributed by atoms with Crippen molar-refractivity contribution in [1.82, 2.24) is 0 Å². The standard InChI is InChI=1S/C28H25ClFNO4/c1-16(2)15-35-23-13-8-18(14-17(23)3)26(32)24-25(21-6-4-5-7-22(21)30)31(28(34)27(24)33)20-11-9-19(29)10-12-20/h4-14,16,25,32H,15H2,1-3H3/b26-24+. The number of carbonyl (C=O) groups is 2. The van der Waals surface area contributed by atoms with Gasteiger partial charge in [-0.3, -0.25) is 14.5 Å². The number of halogens is 2. The number of hydrogen-bond donors (Lipinski definition) is 1. The molecule has 1 fully saturated rings. The van der Waals surface area contributed by atoms with E-state index in [0.717, 1.165) is 5.56 Å². The Balaban J connectivity index is 1.86. The third-order valence-electron chi connectivity index (χ3n) is 5.77. The minimum Gasteiger partial charge on any atom is -0.507 e. The van der Waals surface area contributed by atoms with Crippen LogP contribution in [0.25, 0.3) is 5.76 Å². The normalized spacial score (nSPS) is 17.3. The average molecular weight is 494 g/mol. The molecule has 1 heterocycles. The molecule has 0 aliphatic carbocycles. The van der Waals surface area contributed by atoms with Crippen molar-refractivity contribution in [3.63, 3.8) is 0 Å². The van der Waals surface area contributed by atoms with Crippen molar-refractivity contribution >= 4 is 34.7 Å². The third-order valence-corrected chi connectivity index (χ3v) is 6.02. The molecule has 180 valence electrons. The van der Waals surface area contributed by atoms with Crippen LogP contribution in [0.1, 0.15) is 36.6 Å². The highest BCUT2D eigenvalue weighted by Gasteiger charge is 2.47. The molecular formula is C28H25ClFNO4. The number of hydrogen-bond acceptors (Lipinski definition) is 4. The Morgan fingerprint density at radius 3 is 2.40 bits per heavy atom. The van der Waals surface area contributed by atoms with Crippen molar-refractivity contribution in [3.05, 3.63) is 99.8 Å². The molecule has 0 bridgehead atoms. The van der Waals surface area contributed by atoms with Gasteiger partial charge in [-0.15, -0.1) is 0 Å². The van der Waals surface area contributed by atoms with Crippen LogP contribution in [0.15, 0.2) is 72.3 Å². The second kappa shape index (κ2) is 9.92. The van der Waals surface area contributed by atoms with Crippen LogP contribution in [0, 0.1) is 18.7 Å². The van der Waals surface area contributed by atoms with Gasteiger partial charge < -0.3 is 9.84 Å². The minimum atomic E-state index is -1.16. The zero-order chi connectivity index (χ0) is 25.3. The number of aliphatic hydroxyl groups is 1. The van der Waals surface area contributed by atoms with Gasteiger partial charge in [-0.05, 0) is 66.9 Å². The van der Waals surface area contributed by atoms with Gasteiger partial charge in [-0.2, -0.15) is 0 Å². The largest absolute Gasteiger partial charge is 0.507 e. The van der Waals surface area contributed by atoms with Crippen molar-refractivity contribution in [2.45, 2.75) is 26.8 Å².